The van der Waals surface area contributed by atoms with Crippen molar-refractivity contribution in [2.75, 3.05) is 5.32 Å². The number of nitrogens with one attached hydrogen (secondary N) is 1. The van der Waals surface area contributed by atoms with Crippen LogP contribution in [0.2, 0.25) is 0 Å². The summed E-state index contributed by atoms with van der Waals surface area (Å²) >= 11 is 0. The van der Waals surface area contributed by atoms with Gasteiger partial charge in [0.25, 0.3) is 5.91 Å². The van der Waals surface area contributed by atoms with Crippen LogP contribution >= 0.6 is 0 Å². The summed E-state index contributed by atoms with van der Waals surface area (Å²) in [6, 6.07) is 16.9. The molecule has 5 heteroatoms. The van der Waals surface area contributed by atoms with E-state index < -0.39 is 0 Å². The van der Waals surface area contributed by atoms with E-state index in [1.807, 2.05) is 49.4 Å². The number of carbonyl (C=O) groups excluding carboxylic acids is 1. The molecule has 4 aromatic rings. The lowest BCUT2D eigenvalue weighted by Crippen LogP contribution is -2.10. The minimum absolute atomic E-state index is 0.278. The van der Waals surface area contributed by atoms with Crippen LogP contribution in [0, 0.1) is 6.92 Å². The number of furan rings is 1. The van der Waals surface area contributed by atoms with Gasteiger partial charge in [0.15, 0.2) is 17.2 Å². The summed E-state index contributed by atoms with van der Waals surface area (Å²) in [5.41, 5.74) is 4.48. The van der Waals surface area contributed by atoms with Crippen LogP contribution in [0.1, 0.15) is 27.6 Å². The number of carbonyl (C=O) groups is 1. The molecule has 2 heterocycles. The van der Waals surface area contributed by atoms with Crippen LogP contribution < -0.4 is 5.32 Å². The van der Waals surface area contributed by atoms with Crippen LogP contribution in [0.3, 0.4) is 0 Å². The van der Waals surface area contributed by atoms with Crippen LogP contribution in [0.15, 0.2) is 69.7 Å². The fraction of sp³-hybridized carbons (Fsp3) is 0.100. The van der Waals surface area contributed by atoms with Gasteiger partial charge in [-0.05, 0) is 54.4 Å². The lowest BCUT2D eigenvalue weighted by molar-refractivity contribution is 0.0996. The average molecular weight is 332 g/mol. The van der Waals surface area contributed by atoms with Gasteiger partial charge in [0.2, 0.25) is 0 Å². The van der Waals surface area contributed by atoms with Gasteiger partial charge >= 0.3 is 0 Å². The highest BCUT2D eigenvalue weighted by molar-refractivity contribution is 6.02. The Morgan fingerprint density at radius 2 is 2.04 bits per heavy atom. The minimum Gasteiger partial charge on any atom is -0.459 e. The van der Waals surface area contributed by atoms with Crippen molar-refractivity contribution in [2.24, 2.45) is 0 Å². The maximum atomic E-state index is 12.1. The zero-order chi connectivity index (χ0) is 17.2. The lowest BCUT2D eigenvalue weighted by Gasteiger charge is -2.05. The number of hydrogen-bond donors (Lipinski definition) is 1. The molecule has 0 bridgehead atoms. The van der Waals surface area contributed by atoms with E-state index in [1.165, 1.54) is 6.26 Å². The Bertz CT molecular complexity index is 1030. The molecule has 0 unspecified atom stereocenters. The van der Waals surface area contributed by atoms with E-state index in [0.717, 1.165) is 22.2 Å². The number of aromatic nitrogens is 1. The summed E-state index contributed by atoms with van der Waals surface area (Å²) < 4.78 is 10.9. The summed E-state index contributed by atoms with van der Waals surface area (Å²) in [5.74, 6) is 0.648. The first-order valence-corrected chi connectivity index (χ1v) is 7.97. The third-order valence-corrected chi connectivity index (χ3v) is 3.87. The molecule has 5 nitrogen and oxygen atoms in total. The number of benzene rings is 2. The predicted octanol–water partition coefficient (Wildman–Crippen LogP) is 4.57. The maximum Gasteiger partial charge on any atom is 0.291 e. The first-order valence-electron chi connectivity index (χ1n) is 7.97. The quantitative estimate of drug-likeness (QED) is 0.594. The smallest absolute Gasteiger partial charge is 0.291 e. The van der Waals surface area contributed by atoms with Crippen molar-refractivity contribution in [3.63, 3.8) is 0 Å². The van der Waals surface area contributed by atoms with Gasteiger partial charge in [-0.2, -0.15) is 0 Å². The zero-order valence-corrected chi connectivity index (χ0v) is 13.7. The normalized spacial score (nSPS) is 10.9. The van der Waals surface area contributed by atoms with E-state index >= 15 is 0 Å². The van der Waals surface area contributed by atoms with Gasteiger partial charge in [-0.25, -0.2) is 4.98 Å². The summed E-state index contributed by atoms with van der Waals surface area (Å²) in [7, 11) is 0. The van der Waals surface area contributed by atoms with Crippen molar-refractivity contribution in [1.82, 2.24) is 4.98 Å². The summed E-state index contributed by atoms with van der Waals surface area (Å²) in [6.07, 6.45) is 2.03. The molecule has 0 fully saturated rings. The van der Waals surface area contributed by atoms with Gasteiger partial charge < -0.3 is 14.2 Å². The van der Waals surface area contributed by atoms with Gasteiger partial charge in [-0.1, -0.05) is 18.2 Å². The predicted molar refractivity (Wildman–Crippen MR) is 94.7 cm³/mol. The second-order valence-corrected chi connectivity index (χ2v) is 5.89. The van der Waals surface area contributed by atoms with Crippen LogP contribution in [0.5, 0.6) is 0 Å². The molecular weight excluding hydrogens is 316 g/mol. The number of hydrogen-bond acceptors (Lipinski definition) is 4. The summed E-state index contributed by atoms with van der Waals surface area (Å²) in [6.45, 7) is 2.02. The molecule has 0 radical (unpaired) electrons. The molecule has 0 spiro atoms. The SMILES string of the molecule is Cc1ccc2nc(Cc3cccc(NC(=O)c4ccco4)c3)oc2c1. The van der Waals surface area contributed by atoms with Crippen molar-refractivity contribution in [3.8, 4) is 0 Å². The highest BCUT2D eigenvalue weighted by atomic mass is 16.3. The molecule has 0 atom stereocenters. The molecule has 0 aliphatic rings. The molecule has 1 N–H and O–H groups in total. The Kier molecular flexibility index (Phi) is 3.82. The number of fused-ring (bicyclic) bond motifs is 1. The molecule has 2 aromatic heterocycles. The number of nitrogens with zero attached hydrogens (tertiary/aromatic N) is 1. The number of aryl methyl sites for hydroxylation is 1. The molecule has 4 rings (SSSR count). The number of oxazole rings is 1. The number of rotatable bonds is 4. The second kappa shape index (κ2) is 6.28. The largest absolute Gasteiger partial charge is 0.459 e. The first-order chi connectivity index (χ1) is 12.2. The topological polar surface area (TPSA) is 68.3 Å². The third kappa shape index (κ3) is 3.30. The number of anilines is 1. The van der Waals surface area contributed by atoms with Crippen molar-refractivity contribution in [3.05, 3.63) is 83.6 Å². The fourth-order valence-corrected chi connectivity index (χ4v) is 2.69. The molecule has 124 valence electrons. The van der Waals surface area contributed by atoms with Crippen molar-refractivity contribution in [1.29, 1.82) is 0 Å². The van der Waals surface area contributed by atoms with Crippen molar-refractivity contribution < 1.29 is 13.6 Å². The molecular formula is C20H16N2O3. The minimum atomic E-state index is -0.278. The summed E-state index contributed by atoms with van der Waals surface area (Å²) in [5, 5.41) is 2.82. The Morgan fingerprint density at radius 1 is 1.12 bits per heavy atom. The van der Waals surface area contributed by atoms with E-state index in [9.17, 15) is 4.79 Å². The Hall–Kier alpha value is -3.34. The van der Waals surface area contributed by atoms with Crippen LogP contribution in [-0.2, 0) is 6.42 Å². The maximum absolute atomic E-state index is 12.1. The van der Waals surface area contributed by atoms with Crippen LogP contribution in [0.4, 0.5) is 5.69 Å². The van der Waals surface area contributed by atoms with Crippen molar-refractivity contribution in [2.45, 2.75) is 13.3 Å². The molecule has 2 aromatic carbocycles. The highest BCUT2D eigenvalue weighted by Gasteiger charge is 2.10. The van der Waals surface area contributed by atoms with Crippen molar-refractivity contribution >= 4 is 22.7 Å². The Morgan fingerprint density at radius 3 is 2.88 bits per heavy atom. The Labute approximate surface area is 144 Å². The molecule has 25 heavy (non-hydrogen) atoms. The first kappa shape index (κ1) is 15.2. The van der Waals surface area contributed by atoms with Gasteiger partial charge in [0.05, 0.1) is 6.26 Å². The summed E-state index contributed by atoms with van der Waals surface area (Å²) in [4.78, 5) is 16.6. The monoisotopic (exact) mass is 332 g/mol. The highest BCUT2D eigenvalue weighted by Crippen LogP contribution is 2.20. The van der Waals surface area contributed by atoms with Gasteiger partial charge in [-0.15, -0.1) is 0 Å². The van der Waals surface area contributed by atoms with Crippen LogP contribution in [0.25, 0.3) is 11.1 Å². The molecule has 0 saturated carbocycles. The van der Waals surface area contributed by atoms with E-state index in [4.69, 9.17) is 8.83 Å². The van der Waals surface area contributed by atoms with Gasteiger partial charge in [-0.3, -0.25) is 4.79 Å². The molecule has 0 saturated heterocycles. The standard InChI is InChI=1S/C20H16N2O3/c1-13-7-8-16-18(10-13)25-19(22-16)12-14-4-2-5-15(11-14)21-20(23)17-6-3-9-24-17/h2-11H,12H2,1H3,(H,21,23). The van der Waals surface area contributed by atoms with Gasteiger partial charge in [0, 0.05) is 12.1 Å². The third-order valence-electron chi connectivity index (χ3n) is 3.87. The Balaban J connectivity index is 1.53. The van der Waals surface area contributed by atoms with E-state index in [2.05, 4.69) is 10.3 Å². The average Bonchev–Trinajstić information content (AvgIpc) is 3.24. The fourth-order valence-electron chi connectivity index (χ4n) is 2.69. The zero-order valence-electron chi connectivity index (χ0n) is 13.7. The number of amides is 1. The second-order valence-electron chi connectivity index (χ2n) is 5.89. The molecule has 0 aliphatic carbocycles. The van der Waals surface area contributed by atoms with Crippen LogP contribution in [-0.4, -0.2) is 10.9 Å². The lowest BCUT2D eigenvalue weighted by atomic mass is 10.1. The molecule has 0 aliphatic heterocycles. The molecule has 1 amide bonds. The van der Waals surface area contributed by atoms with E-state index in [-0.39, 0.29) is 11.7 Å². The van der Waals surface area contributed by atoms with Gasteiger partial charge in [0.1, 0.15) is 5.52 Å². The van der Waals surface area contributed by atoms with E-state index in [1.54, 1.807) is 12.1 Å². The van der Waals surface area contributed by atoms with E-state index in [0.29, 0.717) is 18.0 Å².